The molecule has 3 aliphatic rings. The fraction of sp³-hybridized carbons (Fsp3) is 0.667. The van der Waals surface area contributed by atoms with Crippen molar-refractivity contribution < 1.29 is 29.0 Å². The highest BCUT2D eigenvalue weighted by Crippen LogP contribution is 2.45. The Balaban J connectivity index is 1.62. The van der Waals surface area contributed by atoms with E-state index >= 15 is 0 Å². The second-order valence-corrected chi connectivity index (χ2v) is 9.22. The summed E-state index contributed by atoms with van der Waals surface area (Å²) in [5, 5.41) is 13.0. The van der Waals surface area contributed by atoms with Gasteiger partial charge >= 0.3 is 11.9 Å². The van der Waals surface area contributed by atoms with Crippen LogP contribution in [0, 0.1) is 17.8 Å². The fourth-order valence-corrected chi connectivity index (χ4v) is 6.38. The summed E-state index contributed by atoms with van der Waals surface area (Å²) < 4.78 is 11.0. The first kappa shape index (κ1) is 20.3. The van der Waals surface area contributed by atoms with Gasteiger partial charge in [-0.15, -0.1) is 11.3 Å². The lowest BCUT2D eigenvalue weighted by molar-refractivity contribution is -0.147. The van der Waals surface area contributed by atoms with E-state index in [1.165, 1.54) is 11.3 Å². The number of carbonyl (C=O) groups is 3. The molecular weight excluding hydrogens is 394 g/mol. The van der Waals surface area contributed by atoms with Crippen LogP contribution in [0.25, 0.3) is 0 Å². The van der Waals surface area contributed by atoms with Crippen LogP contribution in [0.4, 0.5) is 5.00 Å². The number of thiophene rings is 1. The minimum absolute atomic E-state index is 0.260. The van der Waals surface area contributed by atoms with Crippen molar-refractivity contribution in [3.8, 4) is 0 Å². The zero-order chi connectivity index (χ0) is 20.7. The van der Waals surface area contributed by atoms with E-state index in [-0.39, 0.29) is 18.6 Å². The largest absolute Gasteiger partial charge is 0.481 e. The van der Waals surface area contributed by atoms with E-state index in [9.17, 15) is 19.5 Å². The van der Waals surface area contributed by atoms with Gasteiger partial charge < -0.3 is 19.9 Å². The molecular formula is C21H27NO6S. The molecule has 0 saturated carbocycles. The van der Waals surface area contributed by atoms with Crippen molar-refractivity contribution in [2.24, 2.45) is 17.8 Å². The molecule has 2 N–H and O–H groups in total. The zero-order valence-electron chi connectivity index (χ0n) is 16.7. The number of nitrogens with one attached hydrogen (secondary N) is 1. The van der Waals surface area contributed by atoms with Gasteiger partial charge in [0.25, 0.3) is 0 Å². The number of carboxylic acid groups (broad SMARTS) is 1. The molecule has 2 saturated heterocycles. The average molecular weight is 422 g/mol. The van der Waals surface area contributed by atoms with Crippen LogP contribution in [-0.2, 0) is 31.9 Å². The third-order valence-corrected chi connectivity index (χ3v) is 7.69. The van der Waals surface area contributed by atoms with Crippen molar-refractivity contribution in [1.82, 2.24) is 0 Å². The van der Waals surface area contributed by atoms with Gasteiger partial charge in [0.1, 0.15) is 5.00 Å². The number of hydrogen-bond acceptors (Lipinski definition) is 6. The van der Waals surface area contributed by atoms with E-state index in [2.05, 4.69) is 12.2 Å². The Labute approximate surface area is 173 Å². The number of rotatable bonds is 6. The van der Waals surface area contributed by atoms with E-state index in [0.29, 0.717) is 29.3 Å². The monoisotopic (exact) mass is 421 g/mol. The van der Waals surface area contributed by atoms with Crippen LogP contribution in [0.1, 0.15) is 60.3 Å². The van der Waals surface area contributed by atoms with Gasteiger partial charge in [0.15, 0.2) is 0 Å². The molecule has 1 amide bonds. The number of ether oxygens (including phenoxy) is 2. The minimum Gasteiger partial charge on any atom is -0.481 e. The Kier molecular flexibility index (Phi) is 5.66. The van der Waals surface area contributed by atoms with Crippen LogP contribution >= 0.6 is 11.3 Å². The highest BCUT2D eigenvalue weighted by atomic mass is 32.1. The number of carboxylic acids is 1. The van der Waals surface area contributed by atoms with Gasteiger partial charge in [-0.2, -0.15) is 0 Å². The summed E-state index contributed by atoms with van der Waals surface area (Å²) in [6.45, 7) is 4.18. The molecule has 2 fully saturated rings. The molecule has 1 aliphatic carbocycles. The number of carbonyl (C=O) groups excluding carboxylic acids is 2. The van der Waals surface area contributed by atoms with Crippen LogP contribution in [0.3, 0.4) is 0 Å². The number of anilines is 1. The molecule has 0 unspecified atom stereocenters. The molecule has 3 heterocycles. The SMILES string of the molecule is CCOC(=O)c1c(NC(=O)[C@H]2[C@@H](C(=O)O)[C@H]3CC[C@H]2O3)sc2c1CC[C@H](CC)C2. The van der Waals surface area contributed by atoms with Crippen LogP contribution in [-0.4, -0.2) is 41.8 Å². The number of esters is 1. The van der Waals surface area contributed by atoms with Crippen LogP contribution < -0.4 is 5.32 Å². The summed E-state index contributed by atoms with van der Waals surface area (Å²) in [5.74, 6) is -2.79. The number of amides is 1. The van der Waals surface area contributed by atoms with E-state index in [1.807, 2.05) is 0 Å². The summed E-state index contributed by atoms with van der Waals surface area (Å²) in [4.78, 5) is 38.6. The second kappa shape index (κ2) is 8.07. The maximum Gasteiger partial charge on any atom is 0.341 e. The summed E-state index contributed by atoms with van der Waals surface area (Å²) in [7, 11) is 0. The maximum absolute atomic E-state index is 13.1. The predicted octanol–water partition coefficient (Wildman–Crippen LogP) is 3.26. The Morgan fingerprint density at radius 3 is 2.55 bits per heavy atom. The van der Waals surface area contributed by atoms with Gasteiger partial charge in [-0.3, -0.25) is 9.59 Å². The molecule has 2 aliphatic heterocycles. The first-order valence-electron chi connectivity index (χ1n) is 10.4. The van der Waals surface area contributed by atoms with E-state index < -0.39 is 29.9 Å². The Hall–Kier alpha value is -1.93. The molecule has 158 valence electrons. The lowest BCUT2D eigenvalue weighted by Crippen LogP contribution is -2.41. The molecule has 1 aromatic rings. The fourth-order valence-electron chi connectivity index (χ4n) is 5.03. The van der Waals surface area contributed by atoms with Gasteiger partial charge in [0, 0.05) is 4.88 Å². The van der Waals surface area contributed by atoms with Gasteiger partial charge in [-0.1, -0.05) is 13.3 Å². The van der Waals surface area contributed by atoms with Crippen LogP contribution in [0.5, 0.6) is 0 Å². The van der Waals surface area contributed by atoms with Gasteiger partial charge in [-0.25, -0.2) is 4.79 Å². The molecule has 5 atom stereocenters. The van der Waals surface area contributed by atoms with Crippen molar-refractivity contribution in [2.75, 3.05) is 11.9 Å². The topological polar surface area (TPSA) is 102 Å². The van der Waals surface area contributed by atoms with Gasteiger partial charge in [-0.05, 0) is 50.5 Å². The zero-order valence-corrected chi connectivity index (χ0v) is 17.5. The highest BCUT2D eigenvalue weighted by Gasteiger charge is 2.55. The Morgan fingerprint density at radius 1 is 1.17 bits per heavy atom. The Morgan fingerprint density at radius 2 is 1.90 bits per heavy atom. The van der Waals surface area contributed by atoms with Gasteiger partial charge in [0.2, 0.25) is 5.91 Å². The van der Waals surface area contributed by atoms with E-state index in [0.717, 1.165) is 36.1 Å². The maximum atomic E-state index is 13.1. The first-order valence-corrected chi connectivity index (χ1v) is 11.3. The van der Waals surface area contributed by atoms with Crippen molar-refractivity contribution in [1.29, 1.82) is 0 Å². The molecule has 1 aromatic heterocycles. The molecule has 4 rings (SSSR count). The molecule has 0 aromatic carbocycles. The summed E-state index contributed by atoms with van der Waals surface area (Å²) in [6, 6.07) is 0. The molecule has 7 nitrogen and oxygen atoms in total. The Bertz CT molecular complexity index is 833. The third kappa shape index (κ3) is 3.57. The molecule has 29 heavy (non-hydrogen) atoms. The van der Waals surface area contributed by atoms with Gasteiger partial charge in [0.05, 0.1) is 36.2 Å². The van der Waals surface area contributed by atoms with Crippen molar-refractivity contribution in [3.63, 3.8) is 0 Å². The quantitative estimate of drug-likeness (QED) is 0.684. The van der Waals surface area contributed by atoms with Crippen LogP contribution in [0.2, 0.25) is 0 Å². The summed E-state index contributed by atoms with van der Waals surface area (Å²) in [6.07, 6.45) is 4.38. The average Bonchev–Trinajstić information content (AvgIpc) is 3.39. The first-order chi connectivity index (χ1) is 13.9. The van der Waals surface area contributed by atoms with E-state index in [4.69, 9.17) is 9.47 Å². The number of aliphatic carboxylic acids is 1. The van der Waals surface area contributed by atoms with Crippen molar-refractivity contribution in [3.05, 3.63) is 16.0 Å². The summed E-state index contributed by atoms with van der Waals surface area (Å²) in [5.41, 5.74) is 1.43. The minimum atomic E-state index is -1.00. The molecule has 8 heteroatoms. The molecule has 0 spiro atoms. The molecule has 0 radical (unpaired) electrons. The van der Waals surface area contributed by atoms with Crippen molar-refractivity contribution >= 4 is 34.2 Å². The van der Waals surface area contributed by atoms with Crippen molar-refractivity contribution in [2.45, 2.75) is 64.6 Å². The number of hydrogen-bond donors (Lipinski definition) is 2. The second-order valence-electron chi connectivity index (χ2n) is 8.11. The predicted molar refractivity (Wildman–Crippen MR) is 107 cm³/mol. The highest BCUT2D eigenvalue weighted by molar-refractivity contribution is 7.17. The summed E-state index contributed by atoms with van der Waals surface area (Å²) >= 11 is 1.43. The number of fused-ring (bicyclic) bond motifs is 3. The standard InChI is InChI=1S/C21H27NO6S/c1-3-10-5-6-11-14(9-10)29-19(15(11)21(26)27-4-2)22-18(23)16-12-7-8-13(28-12)17(16)20(24)25/h10,12-13,16-17H,3-9H2,1-2H3,(H,22,23)(H,24,25)/t10-,12+,13+,16+,17-/m0/s1. The lowest BCUT2D eigenvalue weighted by atomic mass is 9.78. The third-order valence-electron chi connectivity index (χ3n) is 6.52. The van der Waals surface area contributed by atoms with Crippen LogP contribution in [0.15, 0.2) is 0 Å². The normalized spacial score (nSPS) is 30.1. The lowest BCUT2D eigenvalue weighted by Gasteiger charge is -2.23. The van der Waals surface area contributed by atoms with E-state index in [1.54, 1.807) is 6.92 Å². The smallest absolute Gasteiger partial charge is 0.341 e. The molecule has 2 bridgehead atoms.